The van der Waals surface area contributed by atoms with E-state index in [-0.39, 0.29) is 12.7 Å². The SMILES string of the molecule is COCCN(CCO)c1nc(N2CCN(C)CC2)c2nc(N(CCOC)CCOC)nc(N3CCC(OC)CC3)c2n1. The molecular formula is C28H49N9O5. The van der Waals surface area contributed by atoms with Gasteiger partial charge in [0.25, 0.3) is 0 Å². The zero-order valence-corrected chi connectivity index (χ0v) is 26.0. The fourth-order valence-electron chi connectivity index (χ4n) is 5.36. The van der Waals surface area contributed by atoms with Crippen molar-refractivity contribution in [1.29, 1.82) is 0 Å². The maximum Gasteiger partial charge on any atom is 0.228 e. The number of nitrogens with zero attached hydrogens (tertiary/aromatic N) is 9. The predicted octanol–water partition coefficient (Wildman–Crippen LogP) is 0.331. The number of aromatic nitrogens is 4. The number of anilines is 4. The molecule has 0 unspecified atom stereocenters. The van der Waals surface area contributed by atoms with Gasteiger partial charge in [0, 0.05) is 93.9 Å². The van der Waals surface area contributed by atoms with Crippen LogP contribution in [0.15, 0.2) is 0 Å². The van der Waals surface area contributed by atoms with Gasteiger partial charge >= 0.3 is 0 Å². The number of piperazine rings is 1. The molecule has 1 N–H and O–H groups in total. The molecule has 0 bridgehead atoms. The van der Waals surface area contributed by atoms with Crippen molar-refractivity contribution in [3.8, 4) is 0 Å². The topological polar surface area (TPSA) is 125 Å². The lowest BCUT2D eigenvalue weighted by Gasteiger charge is -2.36. The van der Waals surface area contributed by atoms with Crippen LogP contribution in [0.3, 0.4) is 0 Å². The maximum absolute atomic E-state index is 9.88. The summed E-state index contributed by atoms with van der Waals surface area (Å²) < 4.78 is 21.9. The molecule has 4 rings (SSSR count). The van der Waals surface area contributed by atoms with Gasteiger partial charge in [-0.1, -0.05) is 0 Å². The van der Waals surface area contributed by atoms with Crippen molar-refractivity contribution >= 4 is 34.6 Å². The van der Waals surface area contributed by atoms with Gasteiger partial charge in [-0.2, -0.15) is 9.97 Å². The van der Waals surface area contributed by atoms with Crippen LogP contribution in [0.4, 0.5) is 23.5 Å². The summed E-state index contributed by atoms with van der Waals surface area (Å²) in [4.78, 5) is 31.5. The van der Waals surface area contributed by atoms with Gasteiger partial charge in [0.2, 0.25) is 11.9 Å². The number of likely N-dealkylation sites (N-methyl/N-ethyl adjacent to an activating group) is 1. The summed E-state index contributed by atoms with van der Waals surface area (Å²) >= 11 is 0. The first-order chi connectivity index (χ1) is 20.5. The van der Waals surface area contributed by atoms with Crippen LogP contribution in [0.1, 0.15) is 12.8 Å². The number of aliphatic hydroxyl groups is 1. The van der Waals surface area contributed by atoms with Gasteiger partial charge in [-0.05, 0) is 19.9 Å². The van der Waals surface area contributed by atoms with E-state index in [2.05, 4.69) is 26.6 Å². The molecule has 0 radical (unpaired) electrons. The minimum absolute atomic E-state index is 0.0181. The van der Waals surface area contributed by atoms with Crippen molar-refractivity contribution in [3.63, 3.8) is 0 Å². The fourth-order valence-corrected chi connectivity index (χ4v) is 5.36. The molecule has 2 aliphatic heterocycles. The zero-order chi connectivity index (χ0) is 29.9. The zero-order valence-electron chi connectivity index (χ0n) is 26.0. The summed E-state index contributed by atoms with van der Waals surface area (Å²) in [6, 6.07) is 0. The van der Waals surface area contributed by atoms with Crippen LogP contribution < -0.4 is 19.6 Å². The van der Waals surface area contributed by atoms with Crippen LogP contribution >= 0.6 is 0 Å². The molecule has 2 fully saturated rings. The van der Waals surface area contributed by atoms with Gasteiger partial charge in [-0.3, -0.25) is 0 Å². The lowest BCUT2D eigenvalue weighted by molar-refractivity contribution is 0.0818. The number of rotatable bonds is 16. The first-order valence-corrected chi connectivity index (χ1v) is 14.9. The molecule has 2 aliphatic rings. The van der Waals surface area contributed by atoms with Crippen LogP contribution in [-0.4, -0.2) is 163 Å². The molecule has 2 aromatic heterocycles. The van der Waals surface area contributed by atoms with Gasteiger partial charge in [0.1, 0.15) is 11.0 Å². The second-order valence-corrected chi connectivity index (χ2v) is 10.8. The molecule has 0 spiro atoms. The summed E-state index contributed by atoms with van der Waals surface area (Å²) in [5.74, 6) is 2.74. The fraction of sp³-hybridized carbons (Fsp3) is 0.786. The van der Waals surface area contributed by atoms with Gasteiger partial charge in [-0.15, -0.1) is 0 Å². The molecule has 0 atom stereocenters. The Kier molecular flexibility index (Phi) is 12.5. The predicted molar refractivity (Wildman–Crippen MR) is 164 cm³/mol. The number of ether oxygens (including phenoxy) is 4. The van der Waals surface area contributed by atoms with E-state index in [0.717, 1.165) is 69.3 Å². The number of hydrogen-bond donors (Lipinski definition) is 1. The Bertz CT molecular complexity index is 1090. The van der Waals surface area contributed by atoms with Crippen LogP contribution in [-0.2, 0) is 18.9 Å². The lowest BCUT2D eigenvalue weighted by atomic mass is 10.1. The Hall–Kier alpha value is -2.62. The minimum atomic E-state index is -0.0181. The highest BCUT2D eigenvalue weighted by atomic mass is 16.5. The first kappa shape index (κ1) is 32.3. The number of hydrogen-bond acceptors (Lipinski definition) is 14. The molecule has 14 heteroatoms. The summed E-state index contributed by atoms with van der Waals surface area (Å²) in [6.45, 7) is 8.85. The lowest BCUT2D eigenvalue weighted by Crippen LogP contribution is -2.45. The molecule has 0 amide bonds. The van der Waals surface area contributed by atoms with E-state index >= 15 is 0 Å². The van der Waals surface area contributed by atoms with Crippen LogP contribution in [0.25, 0.3) is 11.0 Å². The van der Waals surface area contributed by atoms with Gasteiger partial charge in [0.15, 0.2) is 11.6 Å². The van der Waals surface area contributed by atoms with Crippen molar-refractivity contribution in [2.45, 2.75) is 18.9 Å². The minimum Gasteiger partial charge on any atom is -0.395 e. The first-order valence-electron chi connectivity index (χ1n) is 14.9. The molecule has 42 heavy (non-hydrogen) atoms. The standard InChI is InChI=1S/C28H49N9O5/c1-33-10-12-35(13-11-33)26-24-23(29-27(32-26)36(14-18-38)15-19-39-2)25(34-8-6-22(42-5)7-9-34)31-28(30-24)37(16-20-40-3)17-21-41-4/h22,38H,6-21H2,1-5H3. The quantitative estimate of drug-likeness (QED) is 0.288. The molecule has 2 aromatic rings. The van der Waals surface area contributed by atoms with E-state index < -0.39 is 0 Å². The van der Waals surface area contributed by atoms with Crippen molar-refractivity contribution in [3.05, 3.63) is 0 Å². The van der Waals surface area contributed by atoms with E-state index in [1.165, 1.54) is 0 Å². The van der Waals surface area contributed by atoms with Crippen molar-refractivity contribution in [2.75, 3.05) is 147 Å². The van der Waals surface area contributed by atoms with Crippen LogP contribution in [0.5, 0.6) is 0 Å². The number of piperidine rings is 1. The molecular weight excluding hydrogens is 542 g/mol. The average molecular weight is 592 g/mol. The Labute approximate surface area is 249 Å². The number of fused-ring (bicyclic) bond motifs is 1. The van der Waals surface area contributed by atoms with Crippen molar-refractivity contribution in [1.82, 2.24) is 24.8 Å². The van der Waals surface area contributed by atoms with E-state index in [1.807, 2.05) is 4.90 Å². The average Bonchev–Trinajstić information content (AvgIpc) is 3.02. The molecule has 4 heterocycles. The van der Waals surface area contributed by atoms with E-state index in [1.54, 1.807) is 28.4 Å². The van der Waals surface area contributed by atoms with Crippen molar-refractivity contribution in [2.24, 2.45) is 0 Å². The molecule has 0 aliphatic carbocycles. The van der Waals surface area contributed by atoms with Crippen LogP contribution in [0.2, 0.25) is 0 Å². The second-order valence-electron chi connectivity index (χ2n) is 10.8. The Morgan fingerprint density at radius 2 is 1.12 bits per heavy atom. The third-order valence-corrected chi connectivity index (χ3v) is 7.99. The smallest absolute Gasteiger partial charge is 0.228 e. The highest BCUT2D eigenvalue weighted by molar-refractivity contribution is 5.95. The van der Waals surface area contributed by atoms with E-state index in [9.17, 15) is 5.11 Å². The molecule has 0 saturated carbocycles. The third kappa shape index (κ3) is 8.05. The van der Waals surface area contributed by atoms with E-state index in [0.29, 0.717) is 63.4 Å². The monoisotopic (exact) mass is 591 g/mol. The second kappa shape index (κ2) is 16.3. The summed E-state index contributed by atoms with van der Waals surface area (Å²) in [6.07, 6.45) is 2.04. The molecule has 236 valence electrons. The molecule has 0 aromatic carbocycles. The number of aliphatic hydroxyl groups excluding tert-OH is 1. The summed E-state index contributed by atoms with van der Waals surface area (Å²) in [5, 5.41) is 9.88. The maximum atomic E-state index is 9.88. The highest BCUT2D eigenvalue weighted by Gasteiger charge is 2.29. The summed E-state index contributed by atoms with van der Waals surface area (Å²) in [5.41, 5.74) is 1.44. The Balaban J connectivity index is 1.90. The third-order valence-electron chi connectivity index (χ3n) is 7.99. The number of methoxy groups -OCH3 is 4. The van der Waals surface area contributed by atoms with Gasteiger partial charge < -0.3 is 48.6 Å². The Morgan fingerprint density at radius 1 is 0.667 bits per heavy atom. The molecule has 2 saturated heterocycles. The highest BCUT2D eigenvalue weighted by Crippen LogP contribution is 2.34. The normalized spacial score (nSPS) is 16.9. The van der Waals surface area contributed by atoms with E-state index in [4.69, 9.17) is 38.9 Å². The van der Waals surface area contributed by atoms with Gasteiger partial charge in [-0.25, -0.2) is 9.97 Å². The van der Waals surface area contributed by atoms with Crippen molar-refractivity contribution < 1.29 is 24.1 Å². The summed E-state index contributed by atoms with van der Waals surface area (Å²) in [7, 11) is 8.98. The van der Waals surface area contributed by atoms with Gasteiger partial charge in [0.05, 0.1) is 32.5 Å². The Morgan fingerprint density at radius 3 is 1.55 bits per heavy atom. The largest absolute Gasteiger partial charge is 0.395 e. The molecule has 14 nitrogen and oxygen atoms in total. The van der Waals surface area contributed by atoms with Crippen LogP contribution in [0, 0.1) is 0 Å².